The Hall–Kier alpha value is -0.0131. The first kappa shape index (κ1) is 6.11. The average Bonchev–Trinajstić information content (AvgIpc) is 1.65. The monoisotopic (exact) mass is 144 g/mol. The Morgan fingerprint density at radius 3 is 2.50 bits per heavy atom. The van der Waals surface area contributed by atoms with E-state index in [-0.39, 0.29) is 0 Å². The highest BCUT2D eigenvalue weighted by Crippen LogP contribution is 2.19. The first-order valence-corrected chi connectivity index (χ1v) is 6.54. The molecule has 1 aliphatic heterocycles. The first-order valence-electron chi connectivity index (χ1n) is 2.74. The summed E-state index contributed by atoms with van der Waals surface area (Å²) < 4.78 is 0. The molecule has 44 valence electrons. The molecule has 0 aliphatic carbocycles. The average molecular weight is 145 g/mol. The van der Waals surface area contributed by atoms with Crippen LogP contribution in [-0.2, 0) is 0 Å². The van der Waals surface area contributed by atoms with E-state index in [0.29, 0.717) is 0 Å². The second kappa shape index (κ2) is 2.07. The van der Waals surface area contributed by atoms with Gasteiger partial charge in [-0.1, -0.05) is 30.5 Å². The van der Waals surface area contributed by atoms with Crippen LogP contribution in [0.25, 0.3) is 0 Å². The third kappa shape index (κ3) is 1.49. The molecule has 0 saturated carbocycles. The lowest BCUT2D eigenvalue weighted by atomic mass is 10.5. The quantitative estimate of drug-likeness (QED) is 0.362. The summed E-state index contributed by atoms with van der Waals surface area (Å²) >= 11 is 6.07. The Bertz CT molecular complexity index is 135. The summed E-state index contributed by atoms with van der Waals surface area (Å²) in [5, 5.41) is 0. The van der Waals surface area contributed by atoms with Crippen molar-refractivity contribution in [3.8, 4) is 0 Å². The lowest BCUT2D eigenvalue weighted by Gasteiger charge is -2.12. The van der Waals surface area contributed by atoms with Gasteiger partial charge in [-0.15, -0.1) is 0 Å². The molecule has 0 fully saturated rings. The van der Waals surface area contributed by atoms with Crippen LogP contribution in [0.15, 0.2) is 23.9 Å². The van der Waals surface area contributed by atoms with Crippen LogP contribution in [0.1, 0.15) is 0 Å². The zero-order chi connectivity index (χ0) is 6.04. The van der Waals surface area contributed by atoms with Crippen LogP contribution in [0.4, 0.5) is 0 Å². The van der Waals surface area contributed by atoms with Crippen molar-refractivity contribution in [2.75, 3.05) is 0 Å². The minimum absolute atomic E-state index is 1.09. The Labute approximate surface area is 55.6 Å². The Morgan fingerprint density at radius 2 is 2.25 bits per heavy atom. The van der Waals surface area contributed by atoms with E-state index < -0.39 is 7.38 Å². The van der Waals surface area contributed by atoms with E-state index in [1.54, 1.807) is 0 Å². The molecule has 0 radical (unpaired) electrons. The lowest BCUT2D eigenvalue weighted by molar-refractivity contribution is 1.58. The molecule has 0 spiro atoms. The molecule has 0 saturated heterocycles. The van der Waals surface area contributed by atoms with Gasteiger partial charge in [-0.3, -0.25) is 0 Å². The van der Waals surface area contributed by atoms with Crippen LogP contribution in [-0.4, -0.2) is 7.38 Å². The van der Waals surface area contributed by atoms with Gasteiger partial charge in [0.15, 0.2) is 7.38 Å². The molecule has 2 heteroatoms. The Morgan fingerprint density at radius 1 is 1.50 bits per heavy atom. The van der Waals surface area contributed by atoms with E-state index in [4.69, 9.17) is 11.1 Å². The number of rotatable bonds is 0. The molecule has 1 heterocycles. The van der Waals surface area contributed by atoms with E-state index in [2.05, 4.69) is 24.4 Å². The van der Waals surface area contributed by atoms with Crippen molar-refractivity contribution < 1.29 is 0 Å². The van der Waals surface area contributed by atoms with E-state index >= 15 is 0 Å². The maximum absolute atomic E-state index is 6.07. The molecule has 1 rings (SSSR count). The van der Waals surface area contributed by atoms with Gasteiger partial charge in [-0.05, 0) is 6.04 Å². The maximum atomic E-state index is 6.07. The third-order valence-electron chi connectivity index (χ3n) is 1.21. The van der Waals surface area contributed by atoms with E-state index in [1.807, 2.05) is 6.08 Å². The van der Waals surface area contributed by atoms with Gasteiger partial charge < -0.3 is 0 Å². The summed E-state index contributed by atoms with van der Waals surface area (Å²) in [5.41, 5.74) is 2.15. The zero-order valence-corrected chi connectivity index (χ0v) is 6.65. The largest absolute Gasteiger partial charge is 0.180 e. The molecule has 1 atom stereocenters. The topological polar surface area (TPSA) is 0 Å². The van der Waals surface area contributed by atoms with E-state index in [0.717, 1.165) is 6.04 Å². The van der Waals surface area contributed by atoms with Crippen LogP contribution in [0.2, 0.25) is 12.6 Å². The Kier molecular flexibility index (Phi) is 1.59. The fraction of sp³-hybridized carbons (Fsp3) is 0.333. The molecule has 0 nitrogen and oxygen atoms in total. The van der Waals surface area contributed by atoms with E-state index in [1.165, 1.54) is 0 Å². The predicted octanol–water partition coefficient (Wildman–Crippen LogP) is 2.47. The van der Waals surface area contributed by atoms with Gasteiger partial charge in [-0.25, -0.2) is 0 Å². The van der Waals surface area contributed by atoms with Gasteiger partial charge in [0, 0.05) is 0 Å². The summed E-state index contributed by atoms with van der Waals surface area (Å²) in [4.78, 5) is 0. The predicted molar refractivity (Wildman–Crippen MR) is 40.6 cm³/mol. The van der Waals surface area contributed by atoms with Crippen LogP contribution < -0.4 is 0 Å². The highest BCUT2D eigenvalue weighted by molar-refractivity contribution is 7.22. The molecule has 0 N–H and O–H groups in total. The van der Waals surface area contributed by atoms with Gasteiger partial charge in [-0.2, -0.15) is 11.1 Å². The third-order valence-corrected chi connectivity index (χ3v) is 3.97. The van der Waals surface area contributed by atoms with Crippen LogP contribution >= 0.6 is 11.1 Å². The van der Waals surface area contributed by atoms with Crippen molar-refractivity contribution in [2.45, 2.75) is 12.6 Å². The van der Waals surface area contributed by atoms with Gasteiger partial charge in [0.05, 0.1) is 0 Å². The number of hydrogen-bond donors (Lipinski definition) is 0. The summed E-state index contributed by atoms with van der Waals surface area (Å²) in [5.74, 6) is 0. The SMILES string of the molecule is C[Si]1(Cl)C=CC=CC1. The van der Waals surface area contributed by atoms with Gasteiger partial charge in [0.2, 0.25) is 0 Å². The molecule has 0 bridgehead atoms. The van der Waals surface area contributed by atoms with Crippen molar-refractivity contribution in [3.63, 3.8) is 0 Å². The van der Waals surface area contributed by atoms with Crippen molar-refractivity contribution in [1.29, 1.82) is 0 Å². The van der Waals surface area contributed by atoms with Crippen molar-refractivity contribution in [3.05, 3.63) is 23.9 Å². The highest BCUT2D eigenvalue weighted by atomic mass is 35.6. The summed E-state index contributed by atoms with van der Waals surface area (Å²) in [6, 6.07) is 1.09. The second-order valence-corrected chi connectivity index (χ2v) is 8.16. The fourth-order valence-corrected chi connectivity index (χ4v) is 2.43. The first-order chi connectivity index (χ1) is 3.71. The lowest BCUT2D eigenvalue weighted by Crippen LogP contribution is -2.18. The molecule has 8 heavy (non-hydrogen) atoms. The van der Waals surface area contributed by atoms with Crippen LogP contribution in [0, 0.1) is 0 Å². The molecular weight excluding hydrogens is 136 g/mol. The molecule has 1 aliphatic rings. The van der Waals surface area contributed by atoms with Crippen LogP contribution in [0.5, 0.6) is 0 Å². The zero-order valence-electron chi connectivity index (χ0n) is 4.89. The fourth-order valence-electron chi connectivity index (χ4n) is 0.701. The molecule has 0 aromatic carbocycles. The smallest absolute Gasteiger partial charge is 0.162 e. The standard InChI is InChI=1S/C6H9ClSi/c1-8(7)5-3-2-4-6-8/h2-5H,6H2,1H3. The van der Waals surface area contributed by atoms with Gasteiger partial charge in [0.25, 0.3) is 0 Å². The van der Waals surface area contributed by atoms with Crippen molar-refractivity contribution >= 4 is 18.5 Å². The molecule has 1 unspecified atom stereocenters. The highest BCUT2D eigenvalue weighted by Gasteiger charge is 2.19. The Balaban J connectivity index is 2.65. The molecule has 0 aromatic rings. The minimum Gasteiger partial charge on any atom is -0.162 e. The van der Waals surface area contributed by atoms with Gasteiger partial charge in [0.1, 0.15) is 0 Å². The normalized spacial score (nSPS) is 35.8. The summed E-state index contributed by atoms with van der Waals surface area (Å²) in [7, 11) is -1.39. The number of allylic oxidation sites excluding steroid dienone is 3. The maximum Gasteiger partial charge on any atom is 0.180 e. The second-order valence-electron chi connectivity index (χ2n) is 2.27. The summed E-state index contributed by atoms with van der Waals surface area (Å²) in [6.07, 6.45) is 6.24. The molecular formula is C6H9ClSi. The van der Waals surface area contributed by atoms with Crippen molar-refractivity contribution in [1.82, 2.24) is 0 Å². The number of hydrogen-bond acceptors (Lipinski definition) is 0. The van der Waals surface area contributed by atoms with Gasteiger partial charge >= 0.3 is 0 Å². The molecule has 0 aromatic heterocycles. The van der Waals surface area contributed by atoms with Crippen LogP contribution in [0.3, 0.4) is 0 Å². The minimum atomic E-state index is -1.39. The number of halogens is 1. The molecule has 0 amide bonds. The van der Waals surface area contributed by atoms with E-state index in [9.17, 15) is 0 Å². The van der Waals surface area contributed by atoms with Crippen molar-refractivity contribution in [2.24, 2.45) is 0 Å². The summed E-state index contributed by atoms with van der Waals surface area (Å²) in [6.45, 7) is 2.15.